The van der Waals surface area contributed by atoms with Crippen LogP contribution in [0.1, 0.15) is 25.2 Å². The topological polar surface area (TPSA) is 39.1 Å². The van der Waals surface area contributed by atoms with Crippen LogP contribution in [-0.4, -0.2) is 29.5 Å². The molecule has 1 unspecified atom stereocenters. The Labute approximate surface area is 98.0 Å². The Morgan fingerprint density at radius 1 is 1.44 bits per heavy atom. The summed E-state index contributed by atoms with van der Waals surface area (Å²) in [5.41, 5.74) is 2.06. The molecule has 1 rings (SSSR count). The molecule has 1 aromatic heterocycles. The first-order chi connectivity index (χ1) is 7.56. The fourth-order valence-corrected chi connectivity index (χ4v) is 1.64. The molecule has 0 spiro atoms. The molecule has 0 saturated carbocycles. The maximum atomic E-state index is 5.82. The highest BCUT2D eigenvalue weighted by molar-refractivity contribution is 5.31. The summed E-state index contributed by atoms with van der Waals surface area (Å²) in [6.07, 6.45) is 0. The van der Waals surface area contributed by atoms with Crippen LogP contribution in [-0.2, 0) is 7.05 Å². The summed E-state index contributed by atoms with van der Waals surface area (Å²) >= 11 is 0. The minimum Gasteiger partial charge on any atom is -0.489 e. The van der Waals surface area contributed by atoms with E-state index in [2.05, 4.69) is 24.3 Å². The predicted molar refractivity (Wildman–Crippen MR) is 65.9 cm³/mol. The third kappa shape index (κ3) is 3.23. The van der Waals surface area contributed by atoms with Crippen molar-refractivity contribution in [2.75, 3.05) is 19.7 Å². The van der Waals surface area contributed by atoms with Crippen molar-refractivity contribution in [1.82, 2.24) is 15.1 Å². The second kappa shape index (κ2) is 5.89. The molecule has 0 bridgehead atoms. The Kier molecular flexibility index (Phi) is 4.80. The van der Waals surface area contributed by atoms with Gasteiger partial charge in [-0.15, -0.1) is 0 Å². The molecule has 0 radical (unpaired) electrons. The number of aromatic nitrogens is 2. The largest absolute Gasteiger partial charge is 0.489 e. The van der Waals surface area contributed by atoms with Gasteiger partial charge in [0.15, 0.2) is 5.75 Å². The number of hydrogen-bond donors (Lipinski definition) is 1. The van der Waals surface area contributed by atoms with Gasteiger partial charge >= 0.3 is 0 Å². The molecule has 0 saturated heterocycles. The highest BCUT2D eigenvalue weighted by atomic mass is 16.5. The van der Waals surface area contributed by atoms with E-state index in [9.17, 15) is 0 Å². The molecule has 0 aliphatic carbocycles. The Morgan fingerprint density at radius 2 is 2.12 bits per heavy atom. The van der Waals surface area contributed by atoms with E-state index < -0.39 is 0 Å². The lowest BCUT2D eigenvalue weighted by atomic mass is 10.2. The third-order valence-corrected chi connectivity index (χ3v) is 2.70. The van der Waals surface area contributed by atoms with Crippen LogP contribution in [0, 0.1) is 19.8 Å². The molecule has 0 fully saturated rings. The molecule has 4 heteroatoms. The minimum atomic E-state index is 0.513. The summed E-state index contributed by atoms with van der Waals surface area (Å²) in [7, 11) is 1.94. The Hall–Kier alpha value is -1.03. The Balaban J connectivity index is 2.48. The summed E-state index contributed by atoms with van der Waals surface area (Å²) in [5.74, 6) is 1.45. The quantitative estimate of drug-likeness (QED) is 0.800. The van der Waals surface area contributed by atoms with Crippen LogP contribution in [0.3, 0.4) is 0 Å². The van der Waals surface area contributed by atoms with Crippen molar-refractivity contribution in [3.05, 3.63) is 11.4 Å². The highest BCUT2D eigenvalue weighted by Crippen LogP contribution is 2.21. The number of nitrogens with one attached hydrogen (secondary N) is 1. The Morgan fingerprint density at radius 3 is 2.62 bits per heavy atom. The van der Waals surface area contributed by atoms with E-state index in [1.807, 2.05) is 25.6 Å². The number of hydrogen-bond acceptors (Lipinski definition) is 3. The van der Waals surface area contributed by atoms with E-state index in [-0.39, 0.29) is 0 Å². The molecule has 0 aromatic carbocycles. The number of aryl methyl sites for hydroxylation is 2. The van der Waals surface area contributed by atoms with E-state index in [1.165, 1.54) is 0 Å². The van der Waals surface area contributed by atoms with Crippen LogP contribution in [0.4, 0.5) is 0 Å². The van der Waals surface area contributed by atoms with Gasteiger partial charge in [0.2, 0.25) is 0 Å². The Bertz CT molecular complexity index is 333. The van der Waals surface area contributed by atoms with E-state index in [4.69, 9.17) is 4.74 Å². The maximum Gasteiger partial charge on any atom is 0.162 e. The van der Waals surface area contributed by atoms with Gasteiger partial charge < -0.3 is 10.1 Å². The average Bonchev–Trinajstić information content (AvgIpc) is 2.48. The molecule has 1 aromatic rings. The zero-order valence-corrected chi connectivity index (χ0v) is 11.0. The van der Waals surface area contributed by atoms with Gasteiger partial charge in [0, 0.05) is 19.5 Å². The van der Waals surface area contributed by atoms with Gasteiger partial charge in [0.05, 0.1) is 12.3 Å². The molecule has 1 atom stereocenters. The third-order valence-electron chi connectivity index (χ3n) is 2.70. The van der Waals surface area contributed by atoms with Crippen LogP contribution in [0.15, 0.2) is 0 Å². The minimum absolute atomic E-state index is 0.513. The highest BCUT2D eigenvalue weighted by Gasteiger charge is 2.11. The number of nitrogens with zero attached hydrogens (tertiary/aromatic N) is 2. The molecule has 92 valence electrons. The van der Waals surface area contributed by atoms with E-state index in [0.717, 1.165) is 36.8 Å². The lowest BCUT2D eigenvalue weighted by Crippen LogP contribution is -2.24. The van der Waals surface area contributed by atoms with Crippen molar-refractivity contribution in [3.63, 3.8) is 0 Å². The normalized spacial score (nSPS) is 12.8. The van der Waals surface area contributed by atoms with Crippen LogP contribution in [0.2, 0.25) is 0 Å². The van der Waals surface area contributed by atoms with Crippen molar-refractivity contribution in [3.8, 4) is 5.75 Å². The lowest BCUT2D eigenvalue weighted by molar-refractivity contribution is 0.253. The van der Waals surface area contributed by atoms with Gasteiger partial charge in [-0.3, -0.25) is 4.68 Å². The first-order valence-electron chi connectivity index (χ1n) is 5.90. The maximum absolute atomic E-state index is 5.82. The summed E-state index contributed by atoms with van der Waals surface area (Å²) in [5, 5.41) is 7.64. The zero-order valence-electron chi connectivity index (χ0n) is 11.0. The van der Waals surface area contributed by atoms with Gasteiger partial charge in [0.1, 0.15) is 5.69 Å². The van der Waals surface area contributed by atoms with Crippen molar-refractivity contribution < 1.29 is 4.74 Å². The van der Waals surface area contributed by atoms with Crippen molar-refractivity contribution >= 4 is 0 Å². The zero-order chi connectivity index (χ0) is 12.1. The first kappa shape index (κ1) is 13.0. The van der Waals surface area contributed by atoms with Gasteiger partial charge in [-0.1, -0.05) is 13.8 Å². The summed E-state index contributed by atoms with van der Waals surface area (Å²) < 4.78 is 7.68. The first-order valence-corrected chi connectivity index (χ1v) is 5.90. The van der Waals surface area contributed by atoms with Crippen LogP contribution in [0.5, 0.6) is 5.75 Å². The second-order valence-corrected chi connectivity index (χ2v) is 4.35. The van der Waals surface area contributed by atoms with Gasteiger partial charge in [-0.05, 0) is 20.4 Å². The van der Waals surface area contributed by atoms with Crippen LogP contribution in [0.25, 0.3) is 0 Å². The summed E-state index contributed by atoms with van der Waals surface area (Å²) in [6, 6.07) is 0. The van der Waals surface area contributed by atoms with Crippen molar-refractivity contribution in [2.45, 2.75) is 27.7 Å². The lowest BCUT2D eigenvalue weighted by Gasteiger charge is -2.13. The smallest absolute Gasteiger partial charge is 0.162 e. The van der Waals surface area contributed by atoms with E-state index >= 15 is 0 Å². The van der Waals surface area contributed by atoms with E-state index in [1.54, 1.807) is 0 Å². The van der Waals surface area contributed by atoms with Crippen molar-refractivity contribution in [2.24, 2.45) is 13.0 Å². The number of ether oxygens (including phenoxy) is 1. The summed E-state index contributed by atoms with van der Waals surface area (Å²) in [6.45, 7) is 11.1. The molecular formula is C12H23N3O. The van der Waals surface area contributed by atoms with Gasteiger partial charge in [-0.2, -0.15) is 5.10 Å². The molecule has 1 N–H and O–H groups in total. The molecule has 0 amide bonds. The number of rotatable bonds is 6. The molecule has 0 aliphatic heterocycles. The fourth-order valence-electron chi connectivity index (χ4n) is 1.64. The fraction of sp³-hybridized carbons (Fsp3) is 0.750. The summed E-state index contributed by atoms with van der Waals surface area (Å²) in [4.78, 5) is 0. The molecule has 16 heavy (non-hydrogen) atoms. The van der Waals surface area contributed by atoms with Crippen molar-refractivity contribution in [1.29, 1.82) is 0 Å². The predicted octanol–water partition coefficient (Wildman–Crippen LogP) is 1.66. The van der Waals surface area contributed by atoms with Crippen LogP contribution < -0.4 is 10.1 Å². The molecule has 4 nitrogen and oxygen atoms in total. The van der Waals surface area contributed by atoms with E-state index in [0.29, 0.717) is 5.92 Å². The standard InChI is InChI=1S/C12H23N3O/c1-6-13-7-9(2)8-16-12-10(3)14-15(5)11(12)4/h9,13H,6-8H2,1-5H3. The van der Waals surface area contributed by atoms with Gasteiger partial charge in [0.25, 0.3) is 0 Å². The SMILES string of the molecule is CCNCC(C)COc1c(C)nn(C)c1C. The van der Waals surface area contributed by atoms with Crippen LogP contribution >= 0.6 is 0 Å². The van der Waals surface area contributed by atoms with Gasteiger partial charge in [-0.25, -0.2) is 0 Å². The monoisotopic (exact) mass is 225 g/mol. The second-order valence-electron chi connectivity index (χ2n) is 4.35. The molecule has 0 aliphatic rings. The molecule has 1 heterocycles. The average molecular weight is 225 g/mol. The molecular weight excluding hydrogens is 202 g/mol.